The summed E-state index contributed by atoms with van der Waals surface area (Å²) in [7, 11) is 0. The van der Waals surface area contributed by atoms with Gasteiger partial charge in [-0.05, 0) is 12.8 Å². The molecule has 0 aromatic carbocycles. The Balaban J connectivity index is 1.51. The Morgan fingerprint density at radius 2 is 2.15 bits per heavy atom. The normalized spacial score (nSPS) is 27.8. The maximum Gasteiger partial charge on any atom is 0.185 e. The van der Waals surface area contributed by atoms with Gasteiger partial charge in [-0.1, -0.05) is 12.8 Å². The van der Waals surface area contributed by atoms with E-state index in [1.807, 2.05) is 6.20 Å². The number of aromatic nitrogens is 1. The fourth-order valence-electron chi connectivity index (χ4n) is 2.86. The van der Waals surface area contributed by atoms with Crippen molar-refractivity contribution in [3.8, 4) is 0 Å². The Kier molecular flexibility index (Phi) is 4.88. The standard InChI is InChI=1S/C14H23N3O2S/c18-13-4-2-1-3-12(13)15-9-11-10-16-14(20-11)17-5-7-19-8-6-17/h10,12-13,15,18H,1-9H2/t12-,13-/m0/s1. The van der Waals surface area contributed by atoms with Gasteiger partial charge in [0.15, 0.2) is 5.13 Å². The van der Waals surface area contributed by atoms with Crippen molar-refractivity contribution in [2.75, 3.05) is 31.2 Å². The molecule has 112 valence electrons. The van der Waals surface area contributed by atoms with Crippen LogP contribution in [0.2, 0.25) is 0 Å². The molecule has 1 aromatic rings. The highest BCUT2D eigenvalue weighted by Gasteiger charge is 2.22. The monoisotopic (exact) mass is 297 g/mol. The van der Waals surface area contributed by atoms with Gasteiger partial charge in [0.25, 0.3) is 0 Å². The van der Waals surface area contributed by atoms with Gasteiger partial charge in [0.05, 0.1) is 19.3 Å². The molecule has 2 atom stereocenters. The summed E-state index contributed by atoms with van der Waals surface area (Å²) < 4.78 is 5.36. The lowest BCUT2D eigenvalue weighted by atomic mass is 9.93. The molecule has 5 nitrogen and oxygen atoms in total. The summed E-state index contributed by atoms with van der Waals surface area (Å²) in [6.07, 6.45) is 6.15. The summed E-state index contributed by atoms with van der Waals surface area (Å²) in [5, 5.41) is 14.5. The fraction of sp³-hybridized carbons (Fsp3) is 0.786. The fourth-order valence-corrected chi connectivity index (χ4v) is 3.77. The Labute approximate surface area is 124 Å². The maximum atomic E-state index is 9.96. The van der Waals surface area contributed by atoms with Crippen molar-refractivity contribution in [3.05, 3.63) is 11.1 Å². The molecule has 6 heteroatoms. The highest BCUT2D eigenvalue weighted by Crippen LogP contribution is 2.24. The van der Waals surface area contributed by atoms with E-state index in [1.54, 1.807) is 11.3 Å². The molecule has 20 heavy (non-hydrogen) atoms. The van der Waals surface area contributed by atoms with Crippen LogP contribution in [0, 0.1) is 0 Å². The largest absolute Gasteiger partial charge is 0.392 e. The molecule has 2 fully saturated rings. The number of aliphatic hydroxyl groups excluding tert-OH is 1. The quantitative estimate of drug-likeness (QED) is 0.879. The first-order valence-electron chi connectivity index (χ1n) is 7.52. The van der Waals surface area contributed by atoms with E-state index in [2.05, 4.69) is 15.2 Å². The lowest BCUT2D eigenvalue weighted by molar-refractivity contribution is 0.0904. The maximum absolute atomic E-state index is 9.96. The minimum Gasteiger partial charge on any atom is -0.392 e. The minimum absolute atomic E-state index is 0.185. The summed E-state index contributed by atoms with van der Waals surface area (Å²) in [5.41, 5.74) is 0. The van der Waals surface area contributed by atoms with Crippen LogP contribution in [0.25, 0.3) is 0 Å². The van der Waals surface area contributed by atoms with E-state index >= 15 is 0 Å². The van der Waals surface area contributed by atoms with Gasteiger partial charge >= 0.3 is 0 Å². The smallest absolute Gasteiger partial charge is 0.185 e. The van der Waals surface area contributed by atoms with E-state index in [9.17, 15) is 5.11 Å². The number of morpholine rings is 1. The van der Waals surface area contributed by atoms with Crippen LogP contribution in [-0.2, 0) is 11.3 Å². The number of rotatable bonds is 4. The van der Waals surface area contributed by atoms with Crippen LogP contribution in [0.4, 0.5) is 5.13 Å². The van der Waals surface area contributed by atoms with Gasteiger partial charge in [0.2, 0.25) is 0 Å². The number of ether oxygens (including phenoxy) is 1. The molecule has 2 aliphatic rings. The molecule has 0 unspecified atom stereocenters. The summed E-state index contributed by atoms with van der Waals surface area (Å²) in [6.45, 7) is 4.26. The molecule has 1 aliphatic heterocycles. The number of hydrogen-bond donors (Lipinski definition) is 2. The van der Waals surface area contributed by atoms with Crippen molar-refractivity contribution in [1.82, 2.24) is 10.3 Å². The van der Waals surface area contributed by atoms with Crippen LogP contribution < -0.4 is 10.2 Å². The van der Waals surface area contributed by atoms with E-state index in [1.165, 1.54) is 11.3 Å². The molecule has 0 spiro atoms. The van der Waals surface area contributed by atoms with Crippen molar-refractivity contribution in [2.24, 2.45) is 0 Å². The third-order valence-electron chi connectivity index (χ3n) is 4.09. The molecule has 3 rings (SSSR count). The second-order valence-electron chi connectivity index (χ2n) is 5.55. The first kappa shape index (κ1) is 14.3. The number of thiazole rings is 1. The molecule has 2 heterocycles. The van der Waals surface area contributed by atoms with Crippen LogP contribution >= 0.6 is 11.3 Å². The van der Waals surface area contributed by atoms with Gasteiger partial charge in [-0.25, -0.2) is 4.98 Å². The molecular weight excluding hydrogens is 274 g/mol. The van der Waals surface area contributed by atoms with E-state index in [-0.39, 0.29) is 12.1 Å². The van der Waals surface area contributed by atoms with E-state index in [4.69, 9.17) is 4.74 Å². The molecular formula is C14H23N3O2S. The predicted molar refractivity (Wildman–Crippen MR) is 80.2 cm³/mol. The summed E-state index contributed by atoms with van der Waals surface area (Å²) in [4.78, 5) is 8.03. The van der Waals surface area contributed by atoms with E-state index in [0.29, 0.717) is 0 Å². The lowest BCUT2D eigenvalue weighted by Gasteiger charge is -2.28. The van der Waals surface area contributed by atoms with E-state index in [0.717, 1.165) is 57.2 Å². The minimum atomic E-state index is -0.185. The third kappa shape index (κ3) is 3.49. The molecule has 2 N–H and O–H groups in total. The summed E-state index contributed by atoms with van der Waals surface area (Å²) in [6, 6.07) is 0.248. The first-order valence-corrected chi connectivity index (χ1v) is 8.33. The lowest BCUT2D eigenvalue weighted by Crippen LogP contribution is -2.41. The SMILES string of the molecule is O[C@H]1CCCC[C@@H]1NCc1cnc(N2CCOCC2)s1. The Bertz CT molecular complexity index is 420. The Morgan fingerprint density at radius 1 is 1.35 bits per heavy atom. The number of aliphatic hydroxyl groups is 1. The van der Waals surface area contributed by atoms with Crippen LogP contribution in [0.3, 0.4) is 0 Å². The number of anilines is 1. The van der Waals surface area contributed by atoms with Crippen molar-refractivity contribution in [2.45, 2.75) is 44.4 Å². The van der Waals surface area contributed by atoms with Crippen LogP contribution in [-0.4, -0.2) is 48.5 Å². The zero-order valence-electron chi connectivity index (χ0n) is 11.8. The third-order valence-corrected chi connectivity index (χ3v) is 5.15. The van der Waals surface area contributed by atoms with Crippen LogP contribution in [0.15, 0.2) is 6.20 Å². The number of hydrogen-bond acceptors (Lipinski definition) is 6. The van der Waals surface area contributed by atoms with Crippen molar-refractivity contribution < 1.29 is 9.84 Å². The van der Waals surface area contributed by atoms with Gasteiger partial charge in [-0.3, -0.25) is 0 Å². The summed E-state index contributed by atoms with van der Waals surface area (Å²) in [5.74, 6) is 0. The molecule has 1 aromatic heterocycles. The van der Waals surface area contributed by atoms with Crippen molar-refractivity contribution in [1.29, 1.82) is 0 Å². The van der Waals surface area contributed by atoms with E-state index < -0.39 is 0 Å². The molecule has 1 saturated heterocycles. The molecule has 0 amide bonds. The first-order chi connectivity index (χ1) is 9.83. The molecule has 0 bridgehead atoms. The molecule has 0 radical (unpaired) electrons. The number of nitrogens with one attached hydrogen (secondary N) is 1. The zero-order valence-corrected chi connectivity index (χ0v) is 12.6. The van der Waals surface area contributed by atoms with Gasteiger partial charge in [-0.2, -0.15) is 0 Å². The van der Waals surface area contributed by atoms with Gasteiger partial charge in [0.1, 0.15) is 0 Å². The second kappa shape index (κ2) is 6.85. The van der Waals surface area contributed by atoms with Gasteiger partial charge in [0, 0.05) is 36.8 Å². The Morgan fingerprint density at radius 3 is 2.95 bits per heavy atom. The second-order valence-corrected chi connectivity index (χ2v) is 6.64. The van der Waals surface area contributed by atoms with Crippen LogP contribution in [0.1, 0.15) is 30.6 Å². The topological polar surface area (TPSA) is 57.6 Å². The zero-order chi connectivity index (χ0) is 13.8. The van der Waals surface area contributed by atoms with Crippen molar-refractivity contribution >= 4 is 16.5 Å². The van der Waals surface area contributed by atoms with Gasteiger partial charge < -0.3 is 20.1 Å². The highest BCUT2D eigenvalue weighted by molar-refractivity contribution is 7.15. The summed E-state index contributed by atoms with van der Waals surface area (Å²) >= 11 is 1.74. The Hall–Kier alpha value is -0.690. The molecule has 1 saturated carbocycles. The van der Waals surface area contributed by atoms with Crippen LogP contribution in [0.5, 0.6) is 0 Å². The average molecular weight is 297 g/mol. The average Bonchev–Trinajstić information content (AvgIpc) is 2.96. The van der Waals surface area contributed by atoms with Crippen molar-refractivity contribution in [3.63, 3.8) is 0 Å². The van der Waals surface area contributed by atoms with Gasteiger partial charge in [-0.15, -0.1) is 11.3 Å². The number of nitrogens with zero attached hydrogens (tertiary/aromatic N) is 2. The highest BCUT2D eigenvalue weighted by atomic mass is 32.1. The predicted octanol–water partition coefficient (Wildman–Crippen LogP) is 1.37. The molecule has 1 aliphatic carbocycles.